The zero-order chi connectivity index (χ0) is 62.5. The van der Waals surface area contributed by atoms with Crippen molar-refractivity contribution in [3.05, 3.63) is 327 Å². The second-order valence-corrected chi connectivity index (χ2v) is 23.3. The highest BCUT2D eigenvalue weighted by Gasteiger charge is 2.25. The monoisotopic (exact) mass is 1200 g/mol. The standard InChI is InChI=1S/C85H53N9/c86-54-55-36-43-78(93-74-44-38-63(56-22-8-1-9-23-56)49-69(74)70-50-64(39-45-75(70)93)57-24-10-2-11-25-57)73(48-55)85-91-82(62-34-20-7-21-35-62)88-83(92-85)67-37-42-68(84-89-80(60-30-16-5-17-31-60)87-81(90-84)61-32-18-6-19-33-61)79(53-67)94-76-46-40-65(58-26-12-3-13-27-58)51-71(76)72-52-66(41-47-77(72)94)59-28-14-4-15-29-59/h1-53H. The summed E-state index contributed by atoms with van der Waals surface area (Å²) in [5.41, 5.74) is 19.6. The molecule has 0 atom stereocenters. The summed E-state index contributed by atoms with van der Waals surface area (Å²) in [7, 11) is 0. The number of hydrogen-bond donors (Lipinski definition) is 0. The fourth-order valence-corrected chi connectivity index (χ4v) is 13.1. The van der Waals surface area contributed by atoms with Gasteiger partial charge in [-0.05, 0) is 123 Å². The Bertz CT molecular complexity index is 5520. The van der Waals surface area contributed by atoms with Gasteiger partial charge in [0.05, 0.1) is 45.1 Å². The summed E-state index contributed by atoms with van der Waals surface area (Å²) >= 11 is 0. The van der Waals surface area contributed by atoms with Crippen molar-refractivity contribution >= 4 is 43.6 Å². The number of hydrogen-bond acceptors (Lipinski definition) is 7. The van der Waals surface area contributed by atoms with Crippen LogP contribution in [0.15, 0.2) is 322 Å². The Hall–Kier alpha value is -13.0. The van der Waals surface area contributed by atoms with Crippen LogP contribution in [0.4, 0.5) is 0 Å². The van der Waals surface area contributed by atoms with Crippen LogP contribution in [0, 0.1) is 11.3 Å². The average Bonchev–Trinajstić information content (AvgIpc) is 1.59. The van der Waals surface area contributed by atoms with Crippen molar-refractivity contribution in [1.82, 2.24) is 39.0 Å². The van der Waals surface area contributed by atoms with Gasteiger partial charge in [-0.15, -0.1) is 0 Å². The quantitative estimate of drug-likeness (QED) is 0.120. The van der Waals surface area contributed by atoms with Crippen LogP contribution >= 0.6 is 0 Å². The van der Waals surface area contributed by atoms with E-state index < -0.39 is 0 Å². The molecule has 0 aliphatic heterocycles. The van der Waals surface area contributed by atoms with Gasteiger partial charge in [-0.1, -0.05) is 243 Å². The van der Waals surface area contributed by atoms with Gasteiger partial charge in [-0.25, -0.2) is 29.9 Å². The summed E-state index contributed by atoms with van der Waals surface area (Å²) in [5.74, 6) is 2.87. The van der Waals surface area contributed by atoms with E-state index >= 15 is 0 Å². The van der Waals surface area contributed by atoms with E-state index in [0.29, 0.717) is 51.6 Å². The van der Waals surface area contributed by atoms with E-state index in [-0.39, 0.29) is 0 Å². The summed E-state index contributed by atoms with van der Waals surface area (Å²) in [6.45, 7) is 0. The first kappa shape index (κ1) is 55.1. The van der Waals surface area contributed by atoms with E-state index in [9.17, 15) is 5.26 Å². The maximum atomic E-state index is 10.8. The van der Waals surface area contributed by atoms with Gasteiger partial charge in [0.2, 0.25) is 0 Å². The van der Waals surface area contributed by atoms with Gasteiger partial charge in [0, 0.05) is 54.9 Å². The third-order valence-corrected chi connectivity index (χ3v) is 17.7. The molecule has 13 aromatic carbocycles. The topological polar surface area (TPSA) is 111 Å². The molecule has 0 saturated carbocycles. The molecule has 0 unspecified atom stereocenters. The minimum absolute atomic E-state index is 0.398. The zero-order valence-corrected chi connectivity index (χ0v) is 50.6. The van der Waals surface area contributed by atoms with Crippen molar-refractivity contribution < 1.29 is 0 Å². The van der Waals surface area contributed by atoms with E-state index in [2.05, 4.69) is 215 Å². The molecule has 0 spiro atoms. The lowest BCUT2D eigenvalue weighted by Gasteiger charge is -2.17. The fourth-order valence-electron chi connectivity index (χ4n) is 13.1. The van der Waals surface area contributed by atoms with Crippen LogP contribution in [0.1, 0.15) is 5.56 Å². The minimum atomic E-state index is 0.398. The third kappa shape index (κ3) is 10.0. The van der Waals surface area contributed by atoms with Crippen molar-refractivity contribution in [2.45, 2.75) is 0 Å². The molecule has 94 heavy (non-hydrogen) atoms. The molecule has 0 N–H and O–H groups in total. The molecule has 9 heteroatoms. The Kier molecular flexibility index (Phi) is 13.7. The average molecular weight is 1200 g/mol. The Morgan fingerprint density at radius 2 is 0.500 bits per heavy atom. The SMILES string of the molecule is N#Cc1ccc(-n2c3ccc(-c4ccccc4)cc3c3cc(-c4ccccc4)ccc32)c(-c2nc(-c3ccccc3)nc(-c3ccc(-c4nc(-c5ccccc5)nc(-c5ccccc5)n4)c(-n4c5ccc(-c6ccccc6)cc5c5cc(-c6ccccc6)ccc54)c3)n2)c1. The van der Waals surface area contributed by atoms with E-state index in [4.69, 9.17) is 29.9 Å². The van der Waals surface area contributed by atoms with E-state index in [1.807, 2.05) is 121 Å². The van der Waals surface area contributed by atoms with E-state index in [0.717, 1.165) is 122 Å². The number of fused-ring (bicyclic) bond motifs is 6. The van der Waals surface area contributed by atoms with Gasteiger partial charge in [0.15, 0.2) is 34.9 Å². The van der Waals surface area contributed by atoms with Gasteiger partial charge in [0.1, 0.15) is 0 Å². The van der Waals surface area contributed by atoms with E-state index in [1.165, 1.54) is 0 Å². The summed E-state index contributed by atoms with van der Waals surface area (Å²) < 4.78 is 4.63. The molecular formula is C85H53N9. The van der Waals surface area contributed by atoms with Crippen LogP contribution in [0.3, 0.4) is 0 Å². The summed E-state index contributed by atoms with van der Waals surface area (Å²) in [5, 5.41) is 15.1. The fraction of sp³-hybridized carbons (Fsp3) is 0. The Balaban J connectivity index is 0.926. The molecule has 0 aliphatic carbocycles. The molecule has 4 aromatic heterocycles. The largest absolute Gasteiger partial charge is 0.308 e. The number of nitriles is 1. The summed E-state index contributed by atoms with van der Waals surface area (Å²) in [6.07, 6.45) is 0. The smallest absolute Gasteiger partial charge is 0.166 e. The molecule has 0 bridgehead atoms. The first-order valence-electron chi connectivity index (χ1n) is 31.3. The highest BCUT2D eigenvalue weighted by Crippen LogP contribution is 2.44. The molecule has 0 radical (unpaired) electrons. The molecule has 438 valence electrons. The summed E-state index contributed by atoms with van der Waals surface area (Å²) in [4.78, 5) is 32.3. The van der Waals surface area contributed by atoms with Crippen LogP contribution < -0.4 is 0 Å². The van der Waals surface area contributed by atoms with Crippen molar-refractivity contribution in [3.63, 3.8) is 0 Å². The zero-order valence-electron chi connectivity index (χ0n) is 50.6. The van der Waals surface area contributed by atoms with Gasteiger partial charge >= 0.3 is 0 Å². The number of aromatic nitrogens is 8. The Morgan fingerprint density at radius 3 is 0.840 bits per heavy atom. The normalized spacial score (nSPS) is 11.4. The van der Waals surface area contributed by atoms with Crippen molar-refractivity contribution in [2.24, 2.45) is 0 Å². The number of benzene rings is 13. The van der Waals surface area contributed by atoms with Crippen LogP contribution in [-0.2, 0) is 0 Å². The third-order valence-electron chi connectivity index (χ3n) is 17.7. The van der Waals surface area contributed by atoms with Gasteiger partial charge in [-0.3, -0.25) is 0 Å². The Labute approximate surface area is 542 Å². The van der Waals surface area contributed by atoms with Crippen LogP contribution in [0.5, 0.6) is 0 Å². The van der Waals surface area contributed by atoms with Gasteiger partial charge in [0.25, 0.3) is 0 Å². The molecule has 9 nitrogen and oxygen atoms in total. The van der Waals surface area contributed by atoms with Crippen molar-refractivity contribution in [1.29, 1.82) is 5.26 Å². The number of nitrogens with zero attached hydrogens (tertiary/aromatic N) is 9. The molecule has 4 heterocycles. The second kappa shape index (κ2) is 23.4. The molecule has 0 amide bonds. The van der Waals surface area contributed by atoms with Crippen molar-refractivity contribution in [2.75, 3.05) is 0 Å². The van der Waals surface area contributed by atoms with Crippen LogP contribution in [0.25, 0.3) is 168 Å². The predicted octanol–water partition coefficient (Wildman–Crippen LogP) is 20.8. The molecular weight excluding hydrogens is 1150 g/mol. The number of rotatable bonds is 12. The van der Waals surface area contributed by atoms with Gasteiger partial charge < -0.3 is 9.13 Å². The highest BCUT2D eigenvalue weighted by atomic mass is 15.1. The molecule has 17 rings (SSSR count). The minimum Gasteiger partial charge on any atom is -0.308 e. The van der Waals surface area contributed by atoms with E-state index in [1.54, 1.807) is 0 Å². The highest BCUT2D eigenvalue weighted by molar-refractivity contribution is 6.13. The molecule has 17 aromatic rings. The van der Waals surface area contributed by atoms with Crippen LogP contribution in [-0.4, -0.2) is 39.0 Å². The molecule has 0 aliphatic rings. The lowest BCUT2D eigenvalue weighted by atomic mass is 10.0. The maximum absolute atomic E-state index is 10.8. The maximum Gasteiger partial charge on any atom is 0.166 e. The summed E-state index contributed by atoms with van der Waals surface area (Å²) in [6, 6.07) is 114. The Morgan fingerprint density at radius 1 is 0.213 bits per heavy atom. The second-order valence-electron chi connectivity index (χ2n) is 23.3. The molecule has 0 saturated heterocycles. The lowest BCUT2D eigenvalue weighted by Crippen LogP contribution is -2.06. The van der Waals surface area contributed by atoms with Gasteiger partial charge in [-0.2, -0.15) is 5.26 Å². The first-order valence-corrected chi connectivity index (χ1v) is 31.3. The first-order chi connectivity index (χ1) is 46.5. The van der Waals surface area contributed by atoms with Crippen molar-refractivity contribution in [3.8, 4) is 130 Å². The van der Waals surface area contributed by atoms with Crippen LogP contribution in [0.2, 0.25) is 0 Å². The predicted molar refractivity (Wildman–Crippen MR) is 381 cm³/mol. The molecule has 0 fully saturated rings. The lowest BCUT2D eigenvalue weighted by molar-refractivity contribution is 1.06.